The molecule has 0 aliphatic carbocycles. The molecule has 6 nitrogen and oxygen atoms in total. The van der Waals surface area contributed by atoms with E-state index in [9.17, 15) is 10.5 Å². The van der Waals surface area contributed by atoms with Gasteiger partial charge in [0.1, 0.15) is 28.5 Å². The summed E-state index contributed by atoms with van der Waals surface area (Å²) >= 11 is 1.40. The van der Waals surface area contributed by atoms with Crippen molar-refractivity contribution in [3.63, 3.8) is 0 Å². The lowest BCUT2D eigenvalue weighted by Gasteiger charge is -2.12. The van der Waals surface area contributed by atoms with Gasteiger partial charge in [-0.3, -0.25) is 4.98 Å². The number of hydrogen-bond donors (Lipinski definition) is 1. The predicted octanol–water partition coefficient (Wildman–Crippen LogP) is 4.56. The minimum atomic E-state index is 0.133. The van der Waals surface area contributed by atoms with Crippen LogP contribution in [-0.4, -0.2) is 23.2 Å². The van der Waals surface area contributed by atoms with Crippen LogP contribution in [0.15, 0.2) is 59.9 Å². The van der Waals surface area contributed by atoms with Crippen LogP contribution in [0.2, 0.25) is 0 Å². The molecule has 30 heavy (non-hydrogen) atoms. The number of rotatable bonds is 4. The van der Waals surface area contributed by atoms with E-state index in [1.54, 1.807) is 12.4 Å². The Kier molecular flexibility index (Phi) is 7.79. The normalized spacial score (nSPS) is 12.3. The number of nitrogen functional groups attached to an aromatic ring is 1. The summed E-state index contributed by atoms with van der Waals surface area (Å²) in [4.78, 5) is 8.37. The van der Waals surface area contributed by atoms with Crippen molar-refractivity contribution >= 4 is 17.6 Å². The first-order valence-electron chi connectivity index (χ1n) is 9.53. The molecule has 0 unspecified atom stereocenters. The second kappa shape index (κ2) is 11.0. The Morgan fingerprint density at radius 1 is 1.00 bits per heavy atom. The highest BCUT2D eigenvalue weighted by Gasteiger charge is 2.20. The van der Waals surface area contributed by atoms with Gasteiger partial charge >= 0.3 is 0 Å². The van der Waals surface area contributed by atoms with Gasteiger partial charge in [-0.2, -0.15) is 10.5 Å². The fourth-order valence-electron chi connectivity index (χ4n) is 2.94. The van der Waals surface area contributed by atoms with Crippen LogP contribution in [0.5, 0.6) is 0 Å². The van der Waals surface area contributed by atoms with E-state index in [1.165, 1.54) is 24.6 Å². The summed E-state index contributed by atoms with van der Waals surface area (Å²) in [7, 11) is 0. The van der Waals surface area contributed by atoms with Gasteiger partial charge < -0.3 is 10.5 Å². The van der Waals surface area contributed by atoms with Crippen LogP contribution < -0.4 is 5.73 Å². The Balaban J connectivity index is 0.000000448. The standard InChI is InChI=1S/C19H13N5S.C4H8O/c20-9-15-17(14-6-2-1-3-7-14)16(10-21)19(24-18(15)22)25-12-13-5-4-8-23-11-13;1-2-4-5-3-1/h1-8,11H,12H2,(H2,22,24);1-4H2. The summed E-state index contributed by atoms with van der Waals surface area (Å²) in [6, 6.07) is 17.4. The Labute approximate surface area is 180 Å². The van der Waals surface area contributed by atoms with Crippen LogP contribution >= 0.6 is 11.8 Å². The van der Waals surface area contributed by atoms with Gasteiger partial charge in [-0.25, -0.2) is 4.98 Å². The molecule has 2 aromatic heterocycles. The lowest BCUT2D eigenvalue weighted by Crippen LogP contribution is -2.03. The van der Waals surface area contributed by atoms with Crippen LogP contribution in [0, 0.1) is 22.7 Å². The molecule has 7 heteroatoms. The van der Waals surface area contributed by atoms with Gasteiger partial charge in [-0.05, 0) is 30.0 Å². The van der Waals surface area contributed by atoms with Gasteiger partial charge in [0.05, 0.1) is 5.56 Å². The van der Waals surface area contributed by atoms with Crippen LogP contribution in [0.4, 0.5) is 5.82 Å². The first-order chi connectivity index (χ1) is 14.7. The quantitative estimate of drug-likeness (QED) is 0.622. The molecule has 3 heterocycles. The number of benzene rings is 1. The third kappa shape index (κ3) is 5.36. The van der Waals surface area contributed by atoms with Crippen molar-refractivity contribution in [2.45, 2.75) is 23.6 Å². The Bertz CT molecular complexity index is 1050. The molecular formula is C23H21N5OS. The molecular weight excluding hydrogens is 394 g/mol. The first kappa shape index (κ1) is 21.3. The molecule has 1 fully saturated rings. The summed E-state index contributed by atoms with van der Waals surface area (Å²) in [6.45, 7) is 2.00. The average molecular weight is 416 g/mol. The Morgan fingerprint density at radius 2 is 1.73 bits per heavy atom. The van der Waals surface area contributed by atoms with E-state index in [1.807, 2.05) is 42.5 Å². The van der Waals surface area contributed by atoms with Crippen molar-refractivity contribution in [3.8, 4) is 23.3 Å². The minimum absolute atomic E-state index is 0.133. The third-order valence-electron chi connectivity index (χ3n) is 4.40. The van der Waals surface area contributed by atoms with Gasteiger partial charge in [0.2, 0.25) is 0 Å². The van der Waals surface area contributed by atoms with Crippen molar-refractivity contribution in [2.75, 3.05) is 18.9 Å². The smallest absolute Gasteiger partial charge is 0.143 e. The number of ether oxygens (including phenoxy) is 1. The summed E-state index contributed by atoms with van der Waals surface area (Å²) in [5, 5.41) is 19.7. The summed E-state index contributed by atoms with van der Waals surface area (Å²) in [5.41, 5.74) is 8.91. The van der Waals surface area contributed by atoms with Gasteiger partial charge in [0, 0.05) is 36.9 Å². The largest absolute Gasteiger partial charge is 0.383 e. The molecule has 3 aromatic rings. The molecule has 150 valence electrons. The number of thioether (sulfide) groups is 1. The molecule has 1 aromatic carbocycles. The topological polar surface area (TPSA) is 109 Å². The zero-order valence-electron chi connectivity index (χ0n) is 16.4. The van der Waals surface area contributed by atoms with Gasteiger partial charge in [-0.1, -0.05) is 36.4 Å². The van der Waals surface area contributed by atoms with Crippen molar-refractivity contribution in [2.24, 2.45) is 0 Å². The molecule has 0 bridgehead atoms. The lowest BCUT2D eigenvalue weighted by molar-refractivity contribution is 0.198. The van der Waals surface area contributed by atoms with E-state index in [0.29, 0.717) is 21.9 Å². The van der Waals surface area contributed by atoms with E-state index in [4.69, 9.17) is 10.5 Å². The molecule has 0 amide bonds. The Hall–Kier alpha value is -3.39. The van der Waals surface area contributed by atoms with Crippen LogP contribution in [0.1, 0.15) is 29.5 Å². The van der Waals surface area contributed by atoms with Gasteiger partial charge in [0.25, 0.3) is 0 Å². The molecule has 0 spiro atoms. The first-order valence-corrected chi connectivity index (χ1v) is 10.5. The summed E-state index contributed by atoms with van der Waals surface area (Å²) in [5.74, 6) is 0.740. The molecule has 1 aliphatic heterocycles. The fourth-order valence-corrected chi connectivity index (χ4v) is 3.87. The number of pyridine rings is 2. The predicted molar refractivity (Wildman–Crippen MR) is 117 cm³/mol. The monoisotopic (exact) mass is 415 g/mol. The number of nitrogens with two attached hydrogens (primary N) is 1. The lowest BCUT2D eigenvalue weighted by atomic mass is 9.97. The van der Waals surface area contributed by atoms with Gasteiger partial charge in [-0.15, -0.1) is 11.8 Å². The zero-order valence-corrected chi connectivity index (χ0v) is 17.2. The van der Waals surface area contributed by atoms with E-state index in [-0.39, 0.29) is 11.4 Å². The highest BCUT2D eigenvalue weighted by Crippen LogP contribution is 2.36. The molecule has 1 aliphatic rings. The molecule has 0 saturated carbocycles. The van der Waals surface area contributed by atoms with Crippen molar-refractivity contribution < 1.29 is 4.74 Å². The molecule has 4 rings (SSSR count). The maximum atomic E-state index is 9.70. The highest BCUT2D eigenvalue weighted by molar-refractivity contribution is 7.98. The maximum absolute atomic E-state index is 9.70. The van der Waals surface area contributed by atoms with Crippen molar-refractivity contribution in [1.29, 1.82) is 10.5 Å². The maximum Gasteiger partial charge on any atom is 0.143 e. The van der Waals surface area contributed by atoms with Crippen molar-refractivity contribution in [3.05, 3.63) is 71.5 Å². The van der Waals surface area contributed by atoms with Gasteiger partial charge in [0.15, 0.2) is 0 Å². The Morgan fingerprint density at radius 3 is 2.30 bits per heavy atom. The fraction of sp³-hybridized carbons (Fsp3) is 0.217. The minimum Gasteiger partial charge on any atom is -0.383 e. The number of nitrogens with zero attached hydrogens (tertiary/aromatic N) is 4. The van der Waals surface area contributed by atoms with E-state index in [2.05, 4.69) is 22.1 Å². The zero-order chi connectivity index (χ0) is 21.2. The molecule has 0 radical (unpaired) electrons. The number of anilines is 1. The summed E-state index contributed by atoms with van der Waals surface area (Å²) < 4.78 is 4.94. The van der Waals surface area contributed by atoms with Crippen molar-refractivity contribution in [1.82, 2.24) is 9.97 Å². The number of nitriles is 2. The SMILES string of the molecule is C1CCOC1.N#Cc1c(N)nc(SCc2cccnc2)c(C#N)c1-c1ccccc1. The highest BCUT2D eigenvalue weighted by atomic mass is 32.2. The molecule has 1 saturated heterocycles. The third-order valence-corrected chi connectivity index (χ3v) is 5.45. The van der Waals surface area contributed by atoms with Crippen LogP contribution in [0.3, 0.4) is 0 Å². The molecule has 2 N–H and O–H groups in total. The number of hydrogen-bond acceptors (Lipinski definition) is 7. The van der Waals surface area contributed by atoms with E-state index < -0.39 is 0 Å². The van der Waals surface area contributed by atoms with E-state index in [0.717, 1.165) is 24.3 Å². The second-order valence-electron chi connectivity index (χ2n) is 6.49. The number of aromatic nitrogens is 2. The molecule has 0 atom stereocenters. The summed E-state index contributed by atoms with van der Waals surface area (Å²) in [6.07, 6.45) is 6.03. The van der Waals surface area contributed by atoms with Crippen LogP contribution in [0.25, 0.3) is 11.1 Å². The van der Waals surface area contributed by atoms with E-state index >= 15 is 0 Å². The second-order valence-corrected chi connectivity index (χ2v) is 7.45. The average Bonchev–Trinajstić information content (AvgIpc) is 3.39. The van der Waals surface area contributed by atoms with Crippen LogP contribution in [-0.2, 0) is 10.5 Å².